The van der Waals surface area contributed by atoms with Crippen molar-refractivity contribution in [2.24, 2.45) is 0 Å². The Hall–Kier alpha value is -3.78. The summed E-state index contributed by atoms with van der Waals surface area (Å²) >= 11 is 1.71. The second-order valence-electron chi connectivity index (χ2n) is 8.43. The normalized spacial score (nSPS) is 11.2. The van der Waals surface area contributed by atoms with Gasteiger partial charge in [0.1, 0.15) is 28.7 Å². The summed E-state index contributed by atoms with van der Waals surface area (Å²) < 4.78 is 21.5. The molecule has 35 heavy (non-hydrogen) atoms. The second kappa shape index (κ2) is 9.46. The number of ether oxygens (including phenoxy) is 1. The molecule has 0 aliphatic heterocycles. The van der Waals surface area contributed by atoms with Gasteiger partial charge < -0.3 is 14.6 Å². The van der Waals surface area contributed by atoms with Gasteiger partial charge in [-0.2, -0.15) is 0 Å². The Labute approximate surface area is 207 Å². The number of anilines is 1. The molecular weight excluding hydrogens is 461 g/mol. The fraction of sp³-hybridized carbons (Fsp3) is 0.222. The number of aromatic nitrogens is 4. The van der Waals surface area contributed by atoms with E-state index < -0.39 is 0 Å². The average molecular weight is 488 g/mol. The summed E-state index contributed by atoms with van der Waals surface area (Å²) in [5.74, 6) is 0.970. The molecule has 0 spiro atoms. The van der Waals surface area contributed by atoms with Gasteiger partial charge in [-0.15, -0.1) is 11.3 Å². The molecule has 3 aromatic heterocycles. The summed E-state index contributed by atoms with van der Waals surface area (Å²) in [7, 11) is 1.56. The Bertz CT molecular complexity index is 1490. The van der Waals surface area contributed by atoms with Crippen LogP contribution in [0.5, 0.6) is 5.75 Å². The molecule has 0 radical (unpaired) electrons. The summed E-state index contributed by atoms with van der Waals surface area (Å²) in [6, 6.07) is 15.2. The van der Waals surface area contributed by atoms with Crippen molar-refractivity contribution < 1.29 is 9.13 Å². The molecule has 0 atom stereocenters. The maximum absolute atomic E-state index is 14.1. The van der Waals surface area contributed by atoms with Gasteiger partial charge in [0.05, 0.1) is 24.0 Å². The van der Waals surface area contributed by atoms with Crippen molar-refractivity contribution in [2.75, 3.05) is 19.0 Å². The van der Waals surface area contributed by atoms with E-state index in [1.54, 1.807) is 30.8 Å². The van der Waals surface area contributed by atoms with Gasteiger partial charge in [-0.05, 0) is 32.9 Å². The molecule has 5 aromatic rings. The first-order chi connectivity index (χ1) is 16.9. The zero-order valence-electron chi connectivity index (χ0n) is 20.1. The molecule has 0 aliphatic carbocycles. The quantitative estimate of drug-likeness (QED) is 0.287. The lowest BCUT2D eigenvalue weighted by molar-refractivity contribution is 0.416. The van der Waals surface area contributed by atoms with Crippen LogP contribution in [0.15, 0.2) is 54.9 Å². The Kier molecular flexibility index (Phi) is 6.21. The predicted octanol–water partition coefficient (Wildman–Crippen LogP) is 6.41. The Morgan fingerprint density at radius 3 is 2.49 bits per heavy atom. The molecule has 0 amide bonds. The highest BCUT2D eigenvalue weighted by molar-refractivity contribution is 7.15. The number of nitrogens with one attached hydrogen (secondary N) is 1. The molecule has 0 saturated carbocycles. The highest BCUT2D eigenvalue weighted by atomic mass is 32.1. The van der Waals surface area contributed by atoms with Gasteiger partial charge in [0.2, 0.25) is 0 Å². The number of aryl methyl sites for hydroxylation is 3. The van der Waals surface area contributed by atoms with Crippen molar-refractivity contribution >= 4 is 28.1 Å². The van der Waals surface area contributed by atoms with Crippen LogP contribution in [0.25, 0.3) is 32.7 Å². The van der Waals surface area contributed by atoms with Gasteiger partial charge in [0.25, 0.3) is 0 Å². The van der Waals surface area contributed by atoms with Crippen LogP contribution in [0, 0.1) is 26.6 Å². The van der Waals surface area contributed by atoms with E-state index in [9.17, 15) is 4.39 Å². The summed E-state index contributed by atoms with van der Waals surface area (Å²) in [5.41, 5.74) is 5.89. The summed E-state index contributed by atoms with van der Waals surface area (Å²) in [6.45, 7) is 7.42. The zero-order chi connectivity index (χ0) is 24.5. The molecule has 8 heteroatoms. The number of nitrogens with zero attached hydrogens (tertiary/aromatic N) is 4. The van der Waals surface area contributed by atoms with Crippen molar-refractivity contribution in [3.05, 3.63) is 76.9 Å². The van der Waals surface area contributed by atoms with Crippen LogP contribution in [-0.2, 0) is 6.54 Å². The van der Waals surface area contributed by atoms with Crippen LogP contribution >= 0.6 is 11.3 Å². The van der Waals surface area contributed by atoms with Crippen LogP contribution in [0.3, 0.4) is 0 Å². The number of halogens is 1. The third kappa shape index (κ3) is 4.61. The number of benzene rings is 2. The minimum Gasteiger partial charge on any atom is -0.496 e. The van der Waals surface area contributed by atoms with Crippen LogP contribution in [0.4, 0.5) is 10.2 Å². The third-order valence-corrected chi connectivity index (χ3v) is 7.26. The number of rotatable bonds is 7. The summed E-state index contributed by atoms with van der Waals surface area (Å²) in [6.07, 6.45) is 1.57. The van der Waals surface area contributed by atoms with E-state index in [0.717, 1.165) is 49.9 Å². The van der Waals surface area contributed by atoms with Crippen LogP contribution < -0.4 is 10.1 Å². The van der Waals surface area contributed by atoms with Gasteiger partial charge in [-0.25, -0.2) is 19.3 Å². The number of hydrogen-bond acceptors (Lipinski definition) is 6. The van der Waals surface area contributed by atoms with Crippen molar-refractivity contribution in [1.82, 2.24) is 19.5 Å². The van der Waals surface area contributed by atoms with Crippen molar-refractivity contribution in [2.45, 2.75) is 27.3 Å². The number of hydrogen-bond donors (Lipinski definition) is 1. The van der Waals surface area contributed by atoms with E-state index >= 15 is 0 Å². The summed E-state index contributed by atoms with van der Waals surface area (Å²) in [5, 5.41) is 5.30. The van der Waals surface area contributed by atoms with Gasteiger partial charge >= 0.3 is 0 Å². The van der Waals surface area contributed by atoms with Gasteiger partial charge in [0.15, 0.2) is 0 Å². The lowest BCUT2D eigenvalue weighted by Crippen LogP contribution is -2.12. The van der Waals surface area contributed by atoms with E-state index in [0.29, 0.717) is 18.8 Å². The van der Waals surface area contributed by atoms with E-state index in [1.165, 1.54) is 10.9 Å². The third-order valence-electron chi connectivity index (χ3n) is 6.14. The first-order valence-corrected chi connectivity index (χ1v) is 12.2. The molecule has 5 rings (SSSR count). The molecule has 1 N–H and O–H groups in total. The molecule has 0 saturated heterocycles. The van der Waals surface area contributed by atoms with E-state index in [4.69, 9.17) is 4.74 Å². The molecule has 0 bridgehead atoms. The van der Waals surface area contributed by atoms with Crippen molar-refractivity contribution in [3.8, 4) is 27.6 Å². The lowest BCUT2D eigenvalue weighted by atomic mass is 10.1. The smallest absolute Gasteiger partial charge is 0.131 e. The lowest BCUT2D eigenvalue weighted by Gasteiger charge is -2.11. The molecule has 178 valence electrons. The minimum absolute atomic E-state index is 0.312. The molecular formula is C27H26FN5OS. The largest absolute Gasteiger partial charge is 0.496 e. The molecule has 3 heterocycles. The van der Waals surface area contributed by atoms with Crippen molar-refractivity contribution in [3.63, 3.8) is 0 Å². The fourth-order valence-electron chi connectivity index (χ4n) is 4.18. The molecule has 0 unspecified atom stereocenters. The fourth-order valence-corrected chi connectivity index (χ4v) is 5.10. The maximum Gasteiger partial charge on any atom is 0.131 e. The second-order valence-corrected chi connectivity index (χ2v) is 9.63. The van der Waals surface area contributed by atoms with E-state index in [-0.39, 0.29) is 5.82 Å². The number of thiazole rings is 1. The van der Waals surface area contributed by atoms with Crippen LogP contribution in [0.1, 0.15) is 16.3 Å². The SMILES string of the molecule is COc1cc(F)cc2c1cc(C)n2CCNc1cc(-c2ccc(-c3nc(C)c(C)s3)cc2)ncn1. The molecule has 2 aromatic carbocycles. The van der Waals surface area contributed by atoms with Gasteiger partial charge in [-0.3, -0.25) is 0 Å². The molecule has 6 nitrogen and oxygen atoms in total. The van der Waals surface area contributed by atoms with Crippen molar-refractivity contribution in [1.29, 1.82) is 0 Å². The number of methoxy groups -OCH3 is 1. The van der Waals surface area contributed by atoms with E-state index in [1.807, 2.05) is 26.0 Å². The van der Waals surface area contributed by atoms with Gasteiger partial charge in [-0.1, -0.05) is 24.3 Å². The zero-order valence-corrected chi connectivity index (χ0v) is 20.9. The van der Waals surface area contributed by atoms with Crippen LogP contribution in [-0.4, -0.2) is 33.2 Å². The standard InChI is InChI=1S/C27H26FN5OS/c1-16-11-22-24(12-21(28)13-25(22)34-4)33(16)10-9-29-26-14-23(30-15-31-26)19-5-7-20(8-6-19)27-32-17(2)18(3)35-27/h5-8,11-15H,9-10H2,1-4H3,(H,29,30,31). The maximum atomic E-state index is 14.1. The Balaban J connectivity index is 1.30. The highest BCUT2D eigenvalue weighted by Gasteiger charge is 2.12. The van der Waals surface area contributed by atoms with Crippen LogP contribution in [0.2, 0.25) is 0 Å². The monoisotopic (exact) mass is 487 g/mol. The molecule has 0 fully saturated rings. The first kappa shape index (κ1) is 23.0. The van der Waals surface area contributed by atoms with Gasteiger partial charge in [0, 0.05) is 52.3 Å². The predicted molar refractivity (Wildman–Crippen MR) is 140 cm³/mol. The first-order valence-electron chi connectivity index (χ1n) is 11.4. The Morgan fingerprint density at radius 2 is 1.77 bits per heavy atom. The van der Waals surface area contributed by atoms with E-state index in [2.05, 4.69) is 56.0 Å². The highest BCUT2D eigenvalue weighted by Crippen LogP contribution is 2.31. The number of fused-ring (bicyclic) bond motifs is 1. The minimum atomic E-state index is -0.312. The summed E-state index contributed by atoms with van der Waals surface area (Å²) in [4.78, 5) is 14.7. The Morgan fingerprint density at radius 1 is 1.00 bits per heavy atom. The average Bonchev–Trinajstić information content (AvgIpc) is 3.37. The topological polar surface area (TPSA) is 64.9 Å². The molecule has 0 aliphatic rings.